The van der Waals surface area contributed by atoms with E-state index in [-0.39, 0.29) is 12.6 Å². The number of carbonyl (C=O) groups excluding carboxylic acids is 1. The van der Waals surface area contributed by atoms with Crippen molar-refractivity contribution < 1.29 is 14.3 Å². The van der Waals surface area contributed by atoms with Gasteiger partial charge in [0.05, 0.1) is 0 Å². The van der Waals surface area contributed by atoms with Gasteiger partial charge in [0.2, 0.25) is 0 Å². The van der Waals surface area contributed by atoms with Gasteiger partial charge in [0.15, 0.2) is 6.61 Å². The van der Waals surface area contributed by atoms with Crippen molar-refractivity contribution in [2.75, 3.05) is 6.61 Å². The van der Waals surface area contributed by atoms with Crippen LogP contribution in [0.25, 0.3) is 0 Å². The molecule has 0 heterocycles. The Morgan fingerprint density at radius 2 is 1.83 bits per heavy atom. The number of hydrogen-bond acceptors (Lipinski definition) is 3. The van der Waals surface area contributed by atoms with Crippen LogP contribution < -0.4 is 9.47 Å². The maximum Gasteiger partial charge on any atom is 0.349 e. The molecule has 0 fully saturated rings. The van der Waals surface area contributed by atoms with Crippen LogP contribution >= 0.6 is 0 Å². The highest BCUT2D eigenvalue weighted by Crippen LogP contribution is 2.25. The minimum Gasteiger partial charge on any atom is -0.482 e. The Morgan fingerprint density at radius 1 is 1.04 bits per heavy atom. The Kier molecular flexibility index (Phi) is 4.65. The number of fused-ring (bicyclic) bond motifs is 1. The zero-order valence-corrected chi connectivity index (χ0v) is 13.7. The first kappa shape index (κ1) is 15.6. The number of rotatable bonds is 4. The molecular weight excluding hydrogens is 288 g/mol. The SMILES string of the molecule is Cc1cccc(OCC(=O)Oc2ccc3c(c2)CCCC3)c1C. The Balaban J connectivity index is 1.60. The number of carbonyl (C=O) groups is 1. The zero-order valence-electron chi connectivity index (χ0n) is 13.7. The Morgan fingerprint density at radius 3 is 2.65 bits per heavy atom. The number of hydrogen-bond donors (Lipinski definition) is 0. The highest BCUT2D eigenvalue weighted by Gasteiger charge is 2.12. The van der Waals surface area contributed by atoms with Gasteiger partial charge in [-0.25, -0.2) is 4.79 Å². The molecule has 0 aromatic heterocycles. The number of benzene rings is 2. The van der Waals surface area contributed by atoms with E-state index in [1.165, 1.54) is 24.0 Å². The Hall–Kier alpha value is -2.29. The van der Waals surface area contributed by atoms with Crippen LogP contribution in [-0.4, -0.2) is 12.6 Å². The molecule has 120 valence electrons. The van der Waals surface area contributed by atoms with Crippen molar-refractivity contribution in [1.29, 1.82) is 0 Å². The third-order valence-corrected chi connectivity index (χ3v) is 4.45. The minimum atomic E-state index is -0.373. The van der Waals surface area contributed by atoms with E-state index in [0.29, 0.717) is 5.75 Å². The van der Waals surface area contributed by atoms with Gasteiger partial charge in [-0.3, -0.25) is 0 Å². The van der Waals surface area contributed by atoms with Gasteiger partial charge >= 0.3 is 5.97 Å². The summed E-state index contributed by atoms with van der Waals surface area (Å²) in [5, 5.41) is 0. The molecule has 2 aromatic carbocycles. The van der Waals surface area contributed by atoms with Crippen LogP contribution in [0.4, 0.5) is 0 Å². The molecule has 1 aliphatic carbocycles. The normalized spacial score (nSPS) is 13.3. The predicted octanol–water partition coefficient (Wildman–Crippen LogP) is 4.17. The molecule has 23 heavy (non-hydrogen) atoms. The molecule has 0 saturated heterocycles. The average Bonchev–Trinajstić information content (AvgIpc) is 2.56. The maximum absolute atomic E-state index is 12.0. The van der Waals surface area contributed by atoms with E-state index in [0.717, 1.165) is 29.7 Å². The lowest BCUT2D eigenvalue weighted by Crippen LogP contribution is -2.18. The molecule has 3 heteroatoms. The molecule has 0 saturated carbocycles. The van der Waals surface area contributed by atoms with E-state index in [9.17, 15) is 4.79 Å². The topological polar surface area (TPSA) is 35.5 Å². The molecule has 3 rings (SSSR count). The average molecular weight is 310 g/mol. The fraction of sp³-hybridized carbons (Fsp3) is 0.350. The van der Waals surface area contributed by atoms with E-state index < -0.39 is 0 Å². The van der Waals surface area contributed by atoms with Gasteiger partial charge < -0.3 is 9.47 Å². The van der Waals surface area contributed by atoms with Crippen molar-refractivity contribution in [3.63, 3.8) is 0 Å². The Labute approximate surface area is 137 Å². The van der Waals surface area contributed by atoms with Crippen molar-refractivity contribution in [1.82, 2.24) is 0 Å². The largest absolute Gasteiger partial charge is 0.482 e. The second-order valence-electron chi connectivity index (χ2n) is 6.10. The molecule has 3 nitrogen and oxygen atoms in total. The zero-order chi connectivity index (χ0) is 16.2. The van der Waals surface area contributed by atoms with Gasteiger partial charge in [0.25, 0.3) is 0 Å². The van der Waals surface area contributed by atoms with Gasteiger partial charge in [-0.05, 0) is 80.0 Å². The van der Waals surface area contributed by atoms with E-state index in [2.05, 4.69) is 6.07 Å². The molecule has 0 atom stereocenters. The van der Waals surface area contributed by atoms with Crippen LogP contribution in [-0.2, 0) is 17.6 Å². The van der Waals surface area contributed by atoms with Gasteiger partial charge in [-0.1, -0.05) is 18.2 Å². The van der Waals surface area contributed by atoms with Crippen molar-refractivity contribution in [2.24, 2.45) is 0 Å². The summed E-state index contributed by atoms with van der Waals surface area (Å²) in [6, 6.07) is 11.8. The molecule has 0 N–H and O–H groups in total. The standard InChI is InChI=1S/C20H22O3/c1-14-6-5-9-19(15(14)2)22-13-20(21)23-18-11-10-16-7-3-4-8-17(16)12-18/h5-6,9-12H,3-4,7-8,13H2,1-2H3. The molecule has 2 aromatic rings. The van der Waals surface area contributed by atoms with E-state index in [4.69, 9.17) is 9.47 Å². The summed E-state index contributed by atoms with van der Waals surface area (Å²) < 4.78 is 11.0. The third kappa shape index (κ3) is 3.73. The van der Waals surface area contributed by atoms with Crippen molar-refractivity contribution in [2.45, 2.75) is 39.5 Å². The van der Waals surface area contributed by atoms with E-state index >= 15 is 0 Å². The number of ether oxygens (including phenoxy) is 2. The third-order valence-electron chi connectivity index (χ3n) is 4.45. The number of esters is 1. The van der Waals surface area contributed by atoms with Crippen LogP contribution in [0.1, 0.15) is 35.1 Å². The van der Waals surface area contributed by atoms with Gasteiger partial charge in [0.1, 0.15) is 11.5 Å². The smallest absolute Gasteiger partial charge is 0.349 e. The predicted molar refractivity (Wildman–Crippen MR) is 90.1 cm³/mol. The minimum absolute atomic E-state index is 0.0820. The van der Waals surface area contributed by atoms with E-state index in [1.807, 2.05) is 44.2 Å². The summed E-state index contributed by atoms with van der Waals surface area (Å²) in [7, 11) is 0. The molecule has 0 amide bonds. The highest BCUT2D eigenvalue weighted by molar-refractivity contribution is 5.74. The monoisotopic (exact) mass is 310 g/mol. The van der Waals surface area contributed by atoms with Crippen LogP contribution in [0.2, 0.25) is 0 Å². The molecule has 1 aliphatic rings. The molecule has 0 bridgehead atoms. The lowest BCUT2D eigenvalue weighted by Gasteiger charge is -2.16. The maximum atomic E-state index is 12.0. The lowest BCUT2D eigenvalue weighted by atomic mass is 9.92. The van der Waals surface area contributed by atoms with Crippen LogP contribution in [0.15, 0.2) is 36.4 Å². The Bertz CT molecular complexity index is 719. The number of aryl methyl sites for hydroxylation is 3. The fourth-order valence-corrected chi connectivity index (χ4v) is 2.95. The first-order chi connectivity index (χ1) is 11.1. The first-order valence-corrected chi connectivity index (χ1v) is 8.15. The fourth-order valence-electron chi connectivity index (χ4n) is 2.95. The van der Waals surface area contributed by atoms with Crippen LogP contribution in [0, 0.1) is 13.8 Å². The quantitative estimate of drug-likeness (QED) is 0.628. The summed E-state index contributed by atoms with van der Waals surface area (Å²) in [6.45, 7) is 3.93. The summed E-state index contributed by atoms with van der Waals surface area (Å²) >= 11 is 0. The van der Waals surface area contributed by atoms with Gasteiger partial charge in [-0.2, -0.15) is 0 Å². The second kappa shape index (κ2) is 6.86. The lowest BCUT2D eigenvalue weighted by molar-refractivity contribution is -0.136. The summed E-state index contributed by atoms with van der Waals surface area (Å²) in [5.41, 5.74) is 4.87. The first-order valence-electron chi connectivity index (χ1n) is 8.15. The summed E-state index contributed by atoms with van der Waals surface area (Å²) in [6.07, 6.45) is 4.65. The van der Waals surface area contributed by atoms with Crippen molar-refractivity contribution >= 4 is 5.97 Å². The molecule has 0 unspecified atom stereocenters. The highest BCUT2D eigenvalue weighted by atomic mass is 16.6. The summed E-state index contributed by atoms with van der Waals surface area (Å²) in [5.74, 6) is 0.967. The van der Waals surface area contributed by atoms with Crippen LogP contribution in [0.3, 0.4) is 0 Å². The van der Waals surface area contributed by atoms with Gasteiger partial charge in [0, 0.05) is 0 Å². The van der Waals surface area contributed by atoms with Crippen molar-refractivity contribution in [3.05, 3.63) is 58.7 Å². The summed E-state index contributed by atoms with van der Waals surface area (Å²) in [4.78, 5) is 12.0. The van der Waals surface area contributed by atoms with Crippen LogP contribution in [0.5, 0.6) is 11.5 Å². The van der Waals surface area contributed by atoms with Crippen molar-refractivity contribution in [3.8, 4) is 11.5 Å². The molecule has 0 aliphatic heterocycles. The van der Waals surface area contributed by atoms with E-state index in [1.54, 1.807) is 0 Å². The molecular formula is C20H22O3. The molecule has 0 radical (unpaired) electrons. The van der Waals surface area contributed by atoms with Gasteiger partial charge in [-0.15, -0.1) is 0 Å². The second-order valence-corrected chi connectivity index (χ2v) is 6.10. The molecule has 0 spiro atoms.